The van der Waals surface area contributed by atoms with E-state index in [9.17, 15) is 0 Å². The highest BCUT2D eigenvalue weighted by atomic mass is 15.1. The van der Waals surface area contributed by atoms with Crippen LogP contribution in [0.25, 0.3) is 0 Å². The number of para-hydroxylation sites is 1. The van der Waals surface area contributed by atoms with Gasteiger partial charge in [0.1, 0.15) is 6.07 Å². The fraction of sp³-hybridized carbons (Fsp3) is 0.533. The number of piperidine rings is 1. The largest absolute Gasteiger partial charge is 0.381 e. The van der Waals surface area contributed by atoms with Crippen molar-refractivity contribution in [2.75, 3.05) is 18.9 Å². The zero-order valence-corrected chi connectivity index (χ0v) is 11.4. The molecule has 1 fully saturated rings. The Morgan fingerprint density at radius 2 is 2.22 bits per heavy atom. The predicted octanol–water partition coefficient (Wildman–Crippen LogP) is 2.76. The van der Waals surface area contributed by atoms with Crippen LogP contribution in [0.1, 0.15) is 30.9 Å². The van der Waals surface area contributed by atoms with E-state index in [1.807, 2.05) is 12.1 Å². The molecule has 3 heteroatoms. The van der Waals surface area contributed by atoms with E-state index in [2.05, 4.69) is 43.2 Å². The van der Waals surface area contributed by atoms with Crippen LogP contribution in [-0.2, 0) is 0 Å². The molecule has 2 atom stereocenters. The van der Waals surface area contributed by atoms with E-state index in [1.54, 1.807) is 0 Å². The number of nitriles is 1. The minimum absolute atomic E-state index is 0.476. The second-order valence-electron chi connectivity index (χ2n) is 5.30. The maximum atomic E-state index is 9.17. The summed E-state index contributed by atoms with van der Waals surface area (Å²) in [4.78, 5) is 2.39. The molecule has 0 amide bonds. The third-order valence-electron chi connectivity index (χ3n) is 3.95. The molecule has 0 saturated carbocycles. The normalized spacial score (nSPS) is 24.6. The minimum Gasteiger partial charge on any atom is -0.381 e. The Morgan fingerprint density at radius 3 is 2.89 bits per heavy atom. The lowest BCUT2D eigenvalue weighted by Gasteiger charge is -2.36. The molecule has 1 saturated heterocycles. The fourth-order valence-corrected chi connectivity index (χ4v) is 2.58. The van der Waals surface area contributed by atoms with E-state index in [0.717, 1.165) is 36.2 Å². The monoisotopic (exact) mass is 243 g/mol. The molecule has 0 aromatic heterocycles. The highest BCUT2D eigenvalue weighted by Gasteiger charge is 2.23. The number of hydrogen-bond donors (Lipinski definition) is 1. The molecule has 3 nitrogen and oxygen atoms in total. The minimum atomic E-state index is 0.476. The lowest BCUT2D eigenvalue weighted by Crippen LogP contribution is -2.42. The first-order valence-corrected chi connectivity index (χ1v) is 6.58. The highest BCUT2D eigenvalue weighted by Crippen LogP contribution is 2.25. The van der Waals surface area contributed by atoms with Gasteiger partial charge in [0, 0.05) is 18.6 Å². The van der Waals surface area contributed by atoms with Crippen LogP contribution in [-0.4, -0.2) is 30.6 Å². The van der Waals surface area contributed by atoms with E-state index in [0.29, 0.717) is 12.1 Å². The van der Waals surface area contributed by atoms with Gasteiger partial charge >= 0.3 is 0 Å². The maximum absolute atomic E-state index is 9.17. The Labute approximate surface area is 109 Å². The van der Waals surface area contributed by atoms with Gasteiger partial charge in [-0.15, -0.1) is 0 Å². The molecule has 1 aliphatic rings. The molecule has 0 radical (unpaired) electrons. The predicted molar refractivity (Wildman–Crippen MR) is 74.6 cm³/mol. The summed E-state index contributed by atoms with van der Waals surface area (Å²) in [5.41, 5.74) is 2.92. The highest BCUT2D eigenvalue weighted by molar-refractivity contribution is 5.62. The lowest BCUT2D eigenvalue weighted by atomic mass is 9.97. The third-order valence-corrected chi connectivity index (χ3v) is 3.95. The zero-order valence-electron chi connectivity index (χ0n) is 11.4. The van der Waals surface area contributed by atoms with Crippen molar-refractivity contribution in [1.29, 1.82) is 5.26 Å². The van der Waals surface area contributed by atoms with Crippen LogP contribution in [0.2, 0.25) is 0 Å². The number of aryl methyl sites for hydroxylation is 1. The van der Waals surface area contributed by atoms with Gasteiger partial charge in [-0.05, 0) is 45.4 Å². The third kappa shape index (κ3) is 2.65. The van der Waals surface area contributed by atoms with E-state index in [1.165, 1.54) is 0 Å². The van der Waals surface area contributed by atoms with Gasteiger partial charge < -0.3 is 10.2 Å². The van der Waals surface area contributed by atoms with Gasteiger partial charge in [-0.25, -0.2) is 0 Å². The quantitative estimate of drug-likeness (QED) is 0.868. The maximum Gasteiger partial charge on any atom is 0.101 e. The van der Waals surface area contributed by atoms with Crippen molar-refractivity contribution in [2.45, 2.75) is 38.8 Å². The van der Waals surface area contributed by atoms with Crippen molar-refractivity contribution in [2.24, 2.45) is 0 Å². The number of nitrogens with one attached hydrogen (secondary N) is 1. The van der Waals surface area contributed by atoms with Gasteiger partial charge in [-0.1, -0.05) is 12.1 Å². The molecule has 0 aliphatic carbocycles. The molecular formula is C15H21N3. The van der Waals surface area contributed by atoms with Gasteiger partial charge in [0.25, 0.3) is 0 Å². The summed E-state index contributed by atoms with van der Waals surface area (Å²) in [5, 5.41) is 12.7. The molecule has 0 bridgehead atoms. The van der Waals surface area contributed by atoms with Crippen molar-refractivity contribution in [1.82, 2.24) is 4.90 Å². The molecule has 1 aromatic rings. The Hall–Kier alpha value is -1.53. The van der Waals surface area contributed by atoms with Crippen molar-refractivity contribution in [3.63, 3.8) is 0 Å². The molecular weight excluding hydrogens is 222 g/mol. The molecule has 1 N–H and O–H groups in total. The molecule has 0 spiro atoms. The van der Waals surface area contributed by atoms with Gasteiger partial charge in [0.05, 0.1) is 11.3 Å². The van der Waals surface area contributed by atoms with Gasteiger partial charge in [0.2, 0.25) is 0 Å². The summed E-state index contributed by atoms with van der Waals surface area (Å²) in [6.45, 7) is 5.44. The van der Waals surface area contributed by atoms with Crippen LogP contribution in [0.4, 0.5) is 5.69 Å². The lowest BCUT2D eigenvalue weighted by molar-refractivity contribution is 0.190. The van der Waals surface area contributed by atoms with Crippen LogP contribution in [0.15, 0.2) is 18.2 Å². The molecule has 2 unspecified atom stereocenters. The van der Waals surface area contributed by atoms with Crippen LogP contribution in [0.3, 0.4) is 0 Å². The Kier molecular flexibility index (Phi) is 3.88. The van der Waals surface area contributed by atoms with Gasteiger partial charge in [-0.3, -0.25) is 0 Å². The Balaban J connectivity index is 2.13. The zero-order chi connectivity index (χ0) is 13.1. The second kappa shape index (κ2) is 5.41. The van der Waals surface area contributed by atoms with E-state index < -0.39 is 0 Å². The van der Waals surface area contributed by atoms with Crippen molar-refractivity contribution in [3.8, 4) is 6.07 Å². The van der Waals surface area contributed by atoms with Gasteiger partial charge in [-0.2, -0.15) is 5.26 Å². The van der Waals surface area contributed by atoms with E-state index in [4.69, 9.17) is 5.26 Å². The summed E-state index contributed by atoms with van der Waals surface area (Å²) in [6, 6.07) is 9.23. The van der Waals surface area contributed by atoms with Crippen molar-refractivity contribution >= 4 is 5.69 Å². The number of rotatable bonds is 2. The summed E-state index contributed by atoms with van der Waals surface area (Å²) < 4.78 is 0. The number of benzene rings is 1. The van der Waals surface area contributed by atoms with Crippen LogP contribution < -0.4 is 5.32 Å². The van der Waals surface area contributed by atoms with Crippen molar-refractivity contribution < 1.29 is 0 Å². The first-order chi connectivity index (χ1) is 8.61. The molecule has 18 heavy (non-hydrogen) atoms. The SMILES string of the molecule is Cc1cccc(C#N)c1NC1CCN(C)C(C)C1. The number of anilines is 1. The number of nitrogens with zero attached hydrogens (tertiary/aromatic N) is 2. The average molecular weight is 243 g/mol. The van der Waals surface area contributed by atoms with Crippen LogP contribution in [0.5, 0.6) is 0 Å². The fourth-order valence-electron chi connectivity index (χ4n) is 2.58. The second-order valence-corrected chi connectivity index (χ2v) is 5.30. The van der Waals surface area contributed by atoms with Crippen LogP contribution in [0, 0.1) is 18.3 Å². The standard InChI is InChI=1S/C15H21N3/c1-11-5-4-6-13(10-16)15(11)17-14-7-8-18(3)12(2)9-14/h4-6,12,14,17H,7-9H2,1-3H3. The molecule has 1 heterocycles. The number of hydrogen-bond acceptors (Lipinski definition) is 3. The summed E-state index contributed by atoms with van der Waals surface area (Å²) in [7, 11) is 2.18. The van der Waals surface area contributed by atoms with Crippen LogP contribution >= 0.6 is 0 Å². The molecule has 1 aromatic carbocycles. The summed E-state index contributed by atoms with van der Waals surface area (Å²) >= 11 is 0. The average Bonchev–Trinajstić information content (AvgIpc) is 2.36. The Bertz CT molecular complexity index is 461. The Morgan fingerprint density at radius 1 is 1.44 bits per heavy atom. The van der Waals surface area contributed by atoms with E-state index in [-0.39, 0.29) is 0 Å². The number of likely N-dealkylation sites (tertiary alicyclic amines) is 1. The molecule has 1 aliphatic heterocycles. The topological polar surface area (TPSA) is 39.1 Å². The van der Waals surface area contributed by atoms with E-state index >= 15 is 0 Å². The van der Waals surface area contributed by atoms with Gasteiger partial charge in [0.15, 0.2) is 0 Å². The summed E-state index contributed by atoms with van der Waals surface area (Å²) in [6.07, 6.45) is 2.27. The smallest absolute Gasteiger partial charge is 0.101 e. The van der Waals surface area contributed by atoms with Crippen molar-refractivity contribution in [3.05, 3.63) is 29.3 Å². The molecule has 2 rings (SSSR count). The first kappa shape index (κ1) is 12.9. The molecule has 96 valence electrons. The first-order valence-electron chi connectivity index (χ1n) is 6.58. The summed E-state index contributed by atoms with van der Waals surface area (Å²) in [5.74, 6) is 0.